The summed E-state index contributed by atoms with van der Waals surface area (Å²) >= 11 is 5.61. The first-order valence-electron chi connectivity index (χ1n) is 8.29. The number of hydrogen-bond acceptors (Lipinski definition) is 3. The van der Waals surface area contributed by atoms with Gasteiger partial charge in [-0.3, -0.25) is 4.90 Å². The van der Waals surface area contributed by atoms with Crippen LogP contribution in [-0.4, -0.2) is 29.1 Å². The molecule has 21 heavy (non-hydrogen) atoms. The van der Waals surface area contributed by atoms with Crippen LogP contribution in [0, 0.1) is 0 Å². The molecule has 1 aromatic rings. The Kier molecular flexibility index (Phi) is 4.80. The first kappa shape index (κ1) is 16.0. The molecule has 2 fully saturated rings. The van der Waals surface area contributed by atoms with Crippen LogP contribution in [0.4, 0.5) is 0 Å². The lowest BCUT2D eigenvalue weighted by molar-refractivity contribution is -0.0211. The predicted molar refractivity (Wildman–Crippen MR) is 94.9 cm³/mol. The molecule has 1 aromatic heterocycles. The summed E-state index contributed by atoms with van der Waals surface area (Å²) in [6, 6.07) is 2.19. The third kappa shape index (κ3) is 3.24. The fourth-order valence-corrected chi connectivity index (χ4v) is 5.40. The Morgan fingerprint density at radius 1 is 1.33 bits per heavy atom. The van der Waals surface area contributed by atoms with Crippen molar-refractivity contribution in [2.45, 2.75) is 70.0 Å². The molecule has 0 aromatic carbocycles. The van der Waals surface area contributed by atoms with Crippen LogP contribution < -0.4 is 5.32 Å². The molecule has 1 aliphatic heterocycles. The van der Waals surface area contributed by atoms with Crippen molar-refractivity contribution in [3.63, 3.8) is 0 Å². The molecule has 2 aliphatic rings. The lowest BCUT2D eigenvalue weighted by Crippen LogP contribution is -2.69. The number of nitrogens with zero attached hydrogens (tertiary/aromatic N) is 1. The van der Waals surface area contributed by atoms with Crippen molar-refractivity contribution in [2.24, 2.45) is 0 Å². The Morgan fingerprint density at radius 2 is 2.10 bits per heavy atom. The second kappa shape index (κ2) is 6.31. The highest BCUT2D eigenvalue weighted by molar-refractivity contribution is 9.10. The topological polar surface area (TPSA) is 15.3 Å². The summed E-state index contributed by atoms with van der Waals surface area (Å²) in [6.45, 7) is 8.15. The smallest absolute Gasteiger partial charge is 0.0346 e. The molecule has 4 heteroatoms. The summed E-state index contributed by atoms with van der Waals surface area (Å²) in [6.07, 6.45) is 8.14. The van der Waals surface area contributed by atoms with Gasteiger partial charge in [-0.2, -0.15) is 0 Å². The maximum absolute atomic E-state index is 3.88. The average molecular weight is 371 g/mol. The Hall–Kier alpha value is 0.1000. The van der Waals surface area contributed by atoms with Gasteiger partial charge in [0.1, 0.15) is 0 Å². The van der Waals surface area contributed by atoms with Crippen molar-refractivity contribution in [3.05, 3.63) is 20.8 Å². The van der Waals surface area contributed by atoms with Crippen LogP contribution in [0.5, 0.6) is 0 Å². The minimum Gasteiger partial charge on any atom is -0.308 e. The zero-order valence-electron chi connectivity index (χ0n) is 13.3. The average Bonchev–Trinajstić information content (AvgIpc) is 2.90. The molecule has 0 radical (unpaired) electrons. The van der Waals surface area contributed by atoms with Crippen molar-refractivity contribution in [1.29, 1.82) is 0 Å². The van der Waals surface area contributed by atoms with E-state index in [-0.39, 0.29) is 5.54 Å². The fourth-order valence-electron chi connectivity index (χ4n) is 3.91. The van der Waals surface area contributed by atoms with Crippen LogP contribution in [0.3, 0.4) is 0 Å². The summed E-state index contributed by atoms with van der Waals surface area (Å²) in [7, 11) is 0. The number of halogens is 1. The van der Waals surface area contributed by atoms with Crippen molar-refractivity contribution in [2.75, 3.05) is 13.1 Å². The van der Waals surface area contributed by atoms with Crippen LogP contribution in [0.2, 0.25) is 0 Å². The third-order valence-corrected chi connectivity index (χ3v) is 7.56. The molecule has 0 bridgehead atoms. The molecular weight excluding hydrogens is 344 g/mol. The molecule has 2 heterocycles. The van der Waals surface area contributed by atoms with Crippen LogP contribution in [0.15, 0.2) is 15.9 Å². The quantitative estimate of drug-likeness (QED) is 0.822. The van der Waals surface area contributed by atoms with Gasteiger partial charge in [-0.15, -0.1) is 11.3 Å². The Labute approximate surface area is 141 Å². The first-order valence-corrected chi connectivity index (χ1v) is 9.96. The number of piperazine rings is 1. The summed E-state index contributed by atoms with van der Waals surface area (Å²) in [5.74, 6) is 0. The van der Waals surface area contributed by atoms with E-state index in [1.54, 1.807) is 0 Å². The normalized spacial score (nSPS) is 29.9. The Balaban J connectivity index is 1.84. The number of thiophene rings is 1. The molecule has 1 N–H and O–H groups in total. The molecule has 2 nitrogen and oxygen atoms in total. The van der Waals surface area contributed by atoms with Crippen molar-refractivity contribution in [3.8, 4) is 0 Å². The molecule has 3 rings (SSSR count). The van der Waals surface area contributed by atoms with Gasteiger partial charge < -0.3 is 5.32 Å². The van der Waals surface area contributed by atoms with Crippen molar-refractivity contribution in [1.82, 2.24) is 10.2 Å². The summed E-state index contributed by atoms with van der Waals surface area (Å²) < 4.78 is 1.29. The van der Waals surface area contributed by atoms with E-state index in [0.717, 1.165) is 6.54 Å². The molecule has 1 spiro atoms. The highest BCUT2D eigenvalue weighted by atomic mass is 79.9. The predicted octanol–water partition coefficient (Wildman–Crippen LogP) is 4.79. The van der Waals surface area contributed by atoms with Crippen LogP contribution >= 0.6 is 27.3 Å². The number of nitrogens with one attached hydrogen (secondary N) is 1. The van der Waals surface area contributed by atoms with Crippen LogP contribution in [0.1, 0.15) is 57.2 Å². The van der Waals surface area contributed by atoms with Crippen molar-refractivity contribution < 1.29 is 0 Å². The Morgan fingerprint density at radius 3 is 2.71 bits per heavy atom. The van der Waals surface area contributed by atoms with Gasteiger partial charge in [-0.05, 0) is 53.6 Å². The van der Waals surface area contributed by atoms with E-state index in [2.05, 4.69) is 51.4 Å². The highest BCUT2D eigenvalue weighted by Gasteiger charge is 2.45. The minimum absolute atomic E-state index is 0.270. The molecule has 1 saturated carbocycles. The second-order valence-corrected chi connectivity index (χ2v) is 8.96. The number of rotatable bonds is 3. The van der Waals surface area contributed by atoms with Crippen molar-refractivity contribution >= 4 is 27.3 Å². The molecular formula is C17H27BrN2S. The van der Waals surface area contributed by atoms with Crippen LogP contribution in [0.25, 0.3) is 0 Å². The summed E-state index contributed by atoms with van der Waals surface area (Å²) in [5, 5.41) is 6.08. The number of hydrogen-bond donors (Lipinski definition) is 1. The maximum Gasteiger partial charge on any atom is 0.0346 e. The third-order valence-electron chi connectivity index (χ3n) is 5.64. The molecule has 1 unspecified atom stereocenters. The minimum atomic E-state index is 0.270. The van der Waals surface area contributed by atoms with E-state index in [1.165, 1.54) is 61.0 Å². The lowest BCUT2D eigenvalue weighted by atomic mass is 9.76. The maximum atomic E-state index is 3.88. The van der Waals surface area contributed by atoms with Crippen LogP contribution in [-0.2, 0) is 6.54 Å². The summed E-state index contributed by atoms with van der Waals surface area (Å²) in [4.78, 5) is 4.29. The van der Waals surface area contributed by atoms with E-state index in [9.17, 15) is 0 Å². The molecule has 118 valence electrons. The molecule has 1 atom stereocenters. The summed E-state index contributed by atoms with van der Waals surface area (Å²) in [5.41, 5.74) is 0.669. The highest BCUT2D eigenvalue weighted by Crippen LogP contribution is 2.39. The van der Waals surface area contributed by atoms with E-state index in [1.807, 2.05) is 11.3 Å². The zero-order chi connectivity index (χ0) is 14.9. The first-order chi connectivity index (χ1) is 10.1. The standard InChI is InChI=1S/C17H27BrN2S/c1-3-16(2)13-20(11-15-14(18)7-10-21-15)17(12-19-16)8-5-4-6-9-17/h7,10,19H,3-6,8-9,11-13H2,1-2H3. The van der Waals surface area contributed by atoms with E-state index in [0.29, 0.717) is 5.54 Å². The second-order valence-electron chi connectivity index (χ2n) is 7.10. The van der Waals surface area contributed by atoms with Gasteiger partial charge in [0.15, 0.2) is 0 Å². The van der Waals surface area contributed by atoms with Gasteiger partial charge in [-0.25, -0.2) is 0 Å². The SMILES string of the molecule is CCC1(C)CN(Cc2sccc2Br)C2(CCCCC2)CN1. The fraction of sp³-hybridized carbons (Fsp3) is 0.765. The molecule has 1 aliphatic carbocycles. The van der Waals surface area contributed by atoms with Gasteiger partial charge in [-0.1, -0.05) is 26.2 Å². The lowest BCUT2D eigenvalue weighted by Gasteiger charge is -2.55. The zero-order valence-corrected chi connectivity index (χ0v) is 15.7. The molecule has 0 amide bonds. The van der Waals surface area contributed by atoms with Gasteiger partial charge in [0, 0.05) is 40.1 Å². The van der Waals surface area contributed by atoms with Gasteiger partial charge >= 0.3 is 0 Å². The molecule has 1 saturated heterocycles. The van der Waals surface area contributed by atoms with Gasteiger partial charge in [0.05, 0.1) is 0 Å². The monoisotopic (exact) mass is 370 g/mol. The van der Waals surface area contributed by atoms with E-state index < -0.39 is 0 Å². The Bertz CT molecular complexity index is 481. The largest absolute Gasteiger partial charge is 0.308 e. The van der Waals surface area contributed by atoms with E-state index >= 15 is 0 Å². The van der Waals surface area contributed by atoms with Gasteiger partial charge in [0.2, 0.25) is 0 Å². The van der Waals surface area contributed by atoms with E-state index in [4.69, 9.17) is 0 Å². The van der Waals surface area contributed by atoms with Gasteiger partial charge in [0.25, 0.3) is 0 Å².